The third kappa shape index (κ3) is 4.16. The molecule has 0 spiro atoms. The molecular weight excluding hydrogens is 282 g/mol. The van der Waals surface area contributed by atoms with Crippen LogP contribution in [0.2, 0.25) is 0 Å². The Morgan fingerprint density at radius 3 is 2.59 bits per heavy atom. The number of alkyl halides is 1. The maximum atomic E-state index is 12.1. The minimum atomic E-state index is -0.418. The van der Waals surface area contributed by atoms with E-state index in [1.807, 2.05) is 25.7 Å². The van der Waals surface area contributed by atoms with Gasteiger partial charge >= 0.3 is 6.09 Å². The summed E-state index contributed by atoms with van der Waals surface area (Å²) < 4.78 is 5.46. The molecule has 1 aliphatic rings. The van der Waals surface area contributed by atoms with E-state index in [4.69, 9.17) is 4.74 Å². The number of halogens is 1. The average Bonchev–Trinajstić information content (AvgIpc) is 2.19. The molecule has 17 heavy (non-hydrogen) atoms. The van der Waals surface area contributed by atoms with E-state index in [0.29, 0.717) is 0 Å². The van der Waals surface area contributed by atoms with Crippen LogP contribution in [0, 0.1) is 5.41 Å². The maximum Gasteiger partial charge on any atom is 0.410 e. The highest BCUT2D eigenvalue weighted by Crippen LogP contribution is 2.34. The topological polar surface area (TPSA) is 29.5 Å². The Bertz CT molecular complexity index is 288. The van der Waals surface area contributed by atoms with Crippen molar-refractivity contribution in [3.63, 3.8) is 0 Å². The fourth-order valence-corrected chi connectivity index (χ4v) is 2.49. The van der Waals surface area contributed by atoms with Crippen LogP contribution >= 0.6 is 15.9 Å². The van der Waals surface area contributed by atoms with Gasteiger partial charge in [0.15, 0.2) is 0 Å². The van der Waals surface area contributed by atoms with Gasteiger partial charge in [0.25, 0.3) is 0 Å². The number of amides is 1. The van der Waals surface area contributed by atoms with Crippen molar-refractivity contribution in [2.45, 2.75) is 59.1 Å². The van der Waals surface area contributed by atoms with E-state index in [0.717, 1.165) is 24.7 Å². The lowest BCUT2D eigenvalue weighted by atomic mass is 9.82. The number of nitrogens with zero attached hydrogens (tertiary/aromatic N) is 1. The van der Waals surface area contributed by atoms with Gasteiger partial charge < -0.3 is 9.64 Å². The average molecular weight is 306 g/mol. The third-order valence-corrected chi connectivity index (χ3v) is 4.55. The zero-order valence-electron chi connectivity index (χ0n) is 11.5. The highest BCUT2D eigenvalue weighted by atomic mass is 79.9. The van der Waals surface area contributed by atoms with Gasteiger partial charge in [0, 0.05) is 17.9 Å². The van der Waals surface area contributed by atoms with Gasteiger partial charge in [0.05, 0.1) is 0 Å². The van der Waals surface area contributed by atoms with Crippen LogP contribution in [-0.4, -0.2) is 34.5 Å². The van der Waals surface area contributed by atoms with E-state index < -0.39 is 5.60 Å². The standard InChI is InChI=1S/C13H24BrNO2/c1-10-6-7-13(5,8-14)9-15(10)11(16)17-12(2,3)4/h10H,6-9H2,1-5H3. The molecule has 3 nitrogen and oxygen atoms in total. The molecule has 4 heteroatoms. The molecular formula is C13H24BrNO2. The molecule has 100 valence electrons. The van der Waals surface area contributed by atoms with E-state index in [9.17, 15) is 4.79 Å². The Morgan fingerprint density at radius 2 is 2.12 bits per heavy atom. The molecule has 0 bridgehead atoms. The summed E-state index contributed by atoms with van der Waals surface area (Å²) in [6.07, 6.45) is 2.01. The molecule has 1 saturated heterocycles. The second-order valence-corrected chi connectivity index (χ2v) is 7.00. The van der Waals surface area contributed by atoms with Gasteiger partial charge in [-0.2, -0.15) is 0 Å². The van der Waals surface area contributed by atoms with Gasteiger partial charge in [-0.05, 0) is 46.0 Å². The highest BCUT2D eigenvalue weighted by molar-refractivity contribution is 9.09. The normalized spacial score (nSPS) is 30.2. The van der Waals surface area contributed by atoms with Crippen LogP contribution in [-0.2, 0) is 4.74 Å². The predicted molar refractivity (Wildman–Crippen MR) is 73.5 cm³/mol. The Labute approximate surface area is 113 Å². The Balaban J connectivity index is 2.70. The van der Waals surface area contributed by atoms with Gasteiger partial charge in [0.2, 0.25) is 0 Å². The quantitative estimate of drug-likeness (QED) is 0.690. The van der Waals surface area contributed by atoms with Crippen molar-refractivity contribution in [1.82, 2.24) is 4.90 Å². The molecule has 0 aromatic carbocycles. The molecule has 0 N–H and O–H groups in total. The molecule has 0 aromatic rings. The lowest BCUT2D eigenvalue weighted by molar-refractivity contribution is -0.00353. The van der Waals surface area contributed by atoms with Crippen LogP contribution in [0.15, 0.2) is 0 Å². The predicted octanol–water partition coefficient (Wildman–Crippen LogP) is 3.81. The summed E-state index contributed by atoms with van der Waals surface area (Å²) in [7, 11) is 0. The van der Waals surface area contributed by atoms with E-state index >= 15 is 0 Å². The number of ether oxygens (including phenoxy) is 1. The lowest BCUT2D eigenvalue weighted by Gasteiger charge is -2.43. The van der Waals surface area contributed by atoms with Crippen molar-refractivity contribution >= 4 is 22.0 Å². The van der Waals surface area contributed by atoms with E-state index in [1.54, 1.807) is 0 Å². The number of rotatable bonds is 1. The molecule has 1 aliphatic heterocycles. The van der Waals surface area contributed by atoms with Gasteiger partial charge in [-0.25, -0.2) is 4.79 Å². The fraction of sp³-hybridized carbons (Fsp3) is 0.923. The van der Waals surface area contributed by atoms with E-state index in [1.165, 1.54) is 0 Å². The molecule has 0 aromatic heterocycles. The zero-order valence-corrected chi connectivity index (χ0v) is 13.1. The molecule has 1 amide bonds. The second-order valence-electron chi connectivity index (χ2n) is 6.44. The number of hydrogen-bond donors (Lipinski definition) is 0. The molecule has 1 rings (SSSR count). The maximum absolute atomic E-state index is 12.1. The first-order valence-electron chi connectivity index (χ1n) is 6.22. The smallest absolute Gasteiger partial charge is 0.410 e. The van der Waals surface area contributed by atoms with Crippen molar-refractivity contribution in [3.8, 4) is 0 Å². The molecule has 0 radical (unpaired) electrons. The highest BCUT2D eigenvalue weighted by Gasteiger charge is 2.37. The summed E-state index contributed by atoms with van der Waals surface area (Å²) in [6, 6.07) is 0.275. The number of carbonyl (C=O) groups is 1. The molecule has 0 saturated carbocycles. The fourth-order valence-electron chi connectivity index (χ4n) is 2.03. The largest absolute Gasteiger partial charge is 0.444 e. The lowest BCUT2D eigenvalue weighted by Crippen LogP contribution is -2.51. The van der Waals surface area contributed by atoms with Crippen LogP contribution in [0.25, 0.3) is 0 Å². The SMILES string of the molecule is CC1CCC(C)(CBr)CN1C(=O)OC(C)(C)C. The van der Waals surface area contributed by atoms with E-state index in [2.05, 4.69) is 29.8 Å². The van der Waals surface area contributed by atoms with Gasteiger partial charge in [-0.15, -0.1) is 0 Å². The molecule has 1 fully saturated rings. The van der Waals surface area contributed by atoms with Crippen LogP contribution < -0.4 is 0 Å². The summed E-state index contributed by atoms with van der Waals surface area (Å²) in [6.45, 7) is 10.8. The van der Waals surface area contributed by atoms with Crippen LogP contribution in [0.4, 0.5) is 4.79 Å². The molecule has 2 unspecified atom stereocenters. The first-order chi connectivity index (χ1) is 7.67. The Hall–Kier alpha value is -0.250. The number of hydrogen-bond acceptors (Lipinski definition) is 2. The Morgan fingerprint density at radius 1 is 1.53 bits per heavy atom. The first kappa shape index (κ1) is 14.8. The number of carbonyl (C=O) groups excluding carboxylic acids is 1. The number of likely N-dealkylation sites (tertiary alicyclic amines) is 1. The van der Waals surface area contributed by atoms with Crippen LogP contribution in [0.1, 0.15) is 47.5 Å². The van der Waals surface area contributed by atoms with Crippen molar-refractivity contribution < 1.29 is 9.53 Å². The summed E-state index contributed by atoms with van der Waals surface area (Å²) in [5, 5.41) is 0.923. The second kappa shape index (κ2) is 5.17. The van der Waals surface area contributed by atoms with Crippen molar-refractivity contribution in [2.75, 3.05) is 11.9 Å². The summed E-state index contributed by atoms with van der Waals surface area (Å²) in [5.41, 5.74) is -0.248. The van der Waals surface area contributed by atoms with Crippen LogP contribution in [0.5, 0.6) is 0 Å². The summed E-state index contributed by atoms with van der Waals surface area (Å²) in [4.78, 5) is 14.0. The van der Waals surface area contributed by atoms with Crippen molar-refractivity contribution in [3.05, 3.63) is 0 Å². The molecule has 1 heterocycles. The zero-order chi connectivity index (χ0) is 13.3. The van der Waals surface area contributed by atoms with Crippen molar-refractivity contribution in [2.24, 2.45) is 5.41 Å². The van der Waals surface area contributed by atoms with Gasteiger partial charge in [-0.3, -0.25) is 0 Å². The van der Waals surface area contributed by atoms with Gasteiger partial charge in [-0.1, -0.05) is 22.9 Å². The first-order valence-corrected chi connectivity index (χ1v) is 7.35. The monoisotopic (exact) mass is 305 g/mol. The minimum Gasteiger partial charge on any atom is -0.444 e. The molecule has 0 aliphatic carbocycles. The third-order valence-electron chi connectivity index (χ3n) is 3.20. The minimum absolute atomic E-state index is 0.170. The molecule has 2 atom stereocenters. The Kier molecular flexibility index (Phi) is 4.50. The summed E-state index contributed by atoms with van der Waals surface area (Å²) in [5.74, 6) is 0. The van der Waals surface area contributed by atoms with Crippen LogP contribution in [0.3, 0.4) is 0 Å². The summed E-state index contributed by atoms with van der Waals surface area (Å²) >= 11 is 3.55. The van der Waals surface area contributed by atoms with E-state index in [-0.39, 0.29) is 17.6 Å². The van der Waals surface area contributed by atoms with Gasteiger partial charge in [0.1, 0.15) is 5.60 Å². The number of piperidine rings is 1. The van der Waals surface area contributed by atoms with Crippen molar-refractivity contribution in [1.29, 1.82) is 0 Å².